The Balaban J connectivity index is 2.14. The minimum atomic E-state index is -0.0691. The van der Waals surface area contributed by atoms with E-state index >= 15 is 0 Å². The summed E-state index contributed by atoms with van der Waals surface area (Å²) in [5.74, 6) is 0.801. The van der Waals surface area contributed by atoms with Gasteiger partial charge >= 0.3 is 0 Å². The number of aryl methyl sites for hydroxylation is 2. The monoisotopic (exact) mass is 321 g/mol. The van der Waals surface area contributed by atoms with E-state index in [4.69, 9.17) is 4.74 Å². The van der Waals surface area contributed by atoms with Gasteiger partial charge in [-0.05, 0) is 50.1 Å². The molecule has 2 heterocycles. The molecule has 3 aromatic rings. The van der Waals surface area contributed by atoms with Crippen LogP contribution in [0.4, 0.5) is 0 Å². The molecular weight excluding hydrogens is 302 g/mol. The number of hydrogen-bond donors (Lipinski definition) is 0. The Kier molecular flexibility index (Phi) is 4.42. The predicted octanol–water partition coefficient (Wildman–Crippen LogP) is 3.31. The molecule has 1 aromatic carbocycles. The molecule has 0 N–H and O–H groups in total. The lowest BCUT2D eigenvalue weighted by molar-refractivity contribution is 0.340. The van der Waals surface area contributed by atoms with Crippen LogP contribution >= 0.6 is 0 Å². The Labute approximate surface area is 140 Å². The quantitative estimate of drug-likeness (QED) is 0.740. The Bertz CT molecular complexity index is 918. The summed E-state index contributed by atoms with van der Waals surface area (Å²) in [6.07, 6.45) is 6.83. The molecule has 0 spiro atoms. The minimum Gasteiger partial charge on any atom is -0.494 e. The number of nitrogens with zero attached hydrogens (tertiary/aromatic N) is 3. The highest BCUT2D eigenvalue weighted by atomic mass is 16.5. The summed E-state index contributed by atoms with van der Waals surface area (Å²) in [7, 11) is 0. The van der Waals surface area contributed by atoms with Gasteiger partial charge in [0.05, 0.1) is 12.3 Å². The van der Waals surface area contributed by atoms with Gasteiger partial charge in [0, 0.05) is 35.8 Å². The molecule has 0 saturated carbocycles. The molecule has 0 aliphatic carbocycles. The van der Waals surface area contributed by atoms with Gasteiger partial charge in [-0.3, -0.25) is 9.36 Å². The van der Waals surface area contributed by atoms with Crippen LogP contribution in [0.25, 0.3) is 16.8 Å². The smallest absolute Gasteiger partial charge is 0.255 e. The summed E-state index contributed by atoms with van der Waals surface area (Å²) in [5, 5.41) is 0. The second kappa shape index (κ2) is 6.66. The first kappa shape index (κ1) is 15.9. The lowest BCUT2D eigenvalue weighted by Crippen LogP contribution is -2.18. The molecule has 5 nitrogen and oxygen atoms in total. The summed E-state index contributed by atoms with van der Waals surface area (Å²) in [4.78, 5) is 20.6. The molecule has 0 bridgehead atoms. The van der Waals surface area contributed by atoms with E-state index in [0.717, 1.165) is 33.7 Å². The molecule has 0 aliphatic heterocycles. The van der Waals surface area contributed by atoms with E-state index in [1.54, 1.807) is 23.0 Å². The topological polar surface area (TPSA) is 57.0 Å². The van der Waals surface area contributed by atoms with Gasteiger partial charge in [0.2, 0.25) is 0 Å². The van der Waals surface area contributed by atoms with Crippen LogP contribution in [0.1, 0.15) is 18.1 Å². The Morgan fingerprint density at radius 3 is 2.50 bits per heavy atom. The zero-order valence-corrected chi connectivity index (χ0v) is 14.0. The third-order valence-electron chi connectivity index (χ3n) is 3.87. The molecule has 3 rings (SSSR count). The van der Waals surface area contributed by atoms with Crippen LogP contribution in [0.5, 0.6) is 5.75 Å². The molecule has 5 heteroatoms. The third kappa shape index (κ3) is 3.06. The molecule has 0 unspecified atom stereocenters. The zero-order valence-electron chi connectivity index (χ0n) is 14.0. The maximum absolute atomic E-state index is 12.5. The average molecular weight is 321 g/mol. The van der Waals surface area contributed by atoms with Crippen molar-refractivity contribution in [2.24, 2.45) is 0 Å². The zero-order chi connectivity index (χ0) is 17.1. The van der Waals surface area contributed by atoms with Crippen LogP contribution in [0.2, 0.25) is 0 Å². The largest absolute Gasteiger partial charge is 0.494 e. The Morgan fingerprint density at radius 2 is 1.83 bits per heavy atom. The van der Waals surface area contributed by atoms with Crippen molar-refractivity contribution >= 4 is 0 Å². The highest BCUT2D eigenvalue weighted by Crippen LogP contribution is 2.24. The standard InChI is InChI=1S/C19H19N3O2/c1-4-24-16-5-6-18(14(3)7-16)22-11-17(13(2)8-19(22)23)15-9-20-12-21-10-15/h5-12H,4H2,1-3H3. The van der Waals surface area contributed by atoms with Gasteiger partial charge in [0.15, 0.2) is 0 Å². The van der Waals surface area contributed by atoms with E-state index < -0.39 is 0 Å². The van der Waals surface area contributed by atoms with Gasteiger partial charge in [-0.15, -0.1) is 0 Å². The van der Waals surface area contributed by atoms with Gasteiger partial charge in [0.1, 0.15) is 12.1 Å². The molecule has 24 heavy (non-hydrogen) atoms. The van der Waals surface area contributed by atoms with E-state index in [9.17, 15) is 4.79 Å². The molecule has 0 saturated heterocycles. The number of pyridine rings is 1. The van der Waals surface area contributed by atoms with Crippen LogP contribution in [-0.4, -0.2) is 21.1 Å². The van der Waals surface area contributed by atoms with E-state index in [0.29, 0.717) is 6.61 Å². The van der Waals surface area contributed by atoms with Crippen LogP contribution in [0.15, 0.2) is 54.0 Å². The van der Waals surface area contributed by atoms with Gasteiger partial charge in [-0.2, -0.15) is 0 Å². The second-order valence-corrected chi connectivity index (χ2v) is 5.59. The first-order valence-corrected chi connectivity index (χ1v) is 7.82. The molecule has 2 aromatic heterocycles. The lowest BCUT2D eigenvalue weighted by atomic mass is 10.1. The van der Waals surface area contributed by atoms with Gasteiger partial charge < -0.3 is 4.74 Å². The summed E-state index contributed by atoms with van der Waals surface area (Å²) in [5.41, 5.74) is 4.45. The molecule has 0 radical (unpaired) electrons. The fraction of sp³-hybridized carbons (Fsp3) is 0.211. The van der Waals surface area contributed by atoms with Crippen LogP contribution in [0.3, 0.4) is 0 Å². The fourth-order valence-electron chi connectivity index (χ4n) is 2.71. The van der Waals surface area contributed by atoms with E-state index in [1.807, 2.05) is 45.2 Å². The molecule has 0 fully saturated rings. The van der Waals surface area contributed by atoms with Crippen molar-refractivity contribution in [1.82, 2.24) is 14.5 Å². The van der Waals surface area contributed by atoms with Crippen molar-refractivity contribution in [3.63, 3.8) is 0 Å². The number of hydrogen-bond acceptors (Lipinski definition) is 4. The number of ether oxygens (including phenoxy) is 1. The SMILES string of the molecule is CCOc1ccc(-n2cc(-c3cncnc3)c(C)cc2=O)c(C)c1. The van der Waals surface area contributed by atoms with Gasteiger partial charge in [-0.1, -0.05) is 0 Å². The van der Waals surface area contributed by atoms with E-state index in [-0.39, 0.29) is 5.56 Å². The van der Waals surface area contributed by atoms with Gasteiger partial charge in [-0.25, -0.2) is 9.97 Å². The van der Waals surface area contributed by atoms with Crippen molar-refractivity contribution in [1.29, 1.82) is 0 Å². The summed E-state index contributed by atoms with van der Waals surface area (Å²) >= 11 is 0. The maximum atomic E-state index is 12.5. The van der Waals surface area contributed by atoms with Crippen molar-refractivity contribution in [3.05, 3.63) is 70.7 Å². The van der Waals surface area contributed by atoms with Gasteiger partial charge in [0.25, 0.3) is 5.56 Å². The molecule has 0 atom stereocenters. The first-order valence-electron chi connectivity index (χ1n) is 7.82. The Morgan fingerprint density at radius 1 is 1.08 bits per heavy atom. The molecule has 0 amide bonds. The molecular formula is C19H19N3O2. The van der Waals surface area contributed by atoms with Crippen molar-refractivity contribution < 1.29 is 4.74 Å². The summed E-state index contributed by atoms with van der Waals surface area (Å²) < 4.78 is 7.17. The lowest BCUT2D eigenvalue weighted by Gasteiger charge is -2.14. The van der Waals surface area contributed by atoms with Crippen LogP contribution < -0.4 is 10.3 Å². The normalized spacial score (nSPS) is 10.6. The molecule has 122 valence electrons. The summed E-state index contributed by atoms with van der Waals surface area (Å²) in [6, 6.07) is 7.36. The number of rotatable bonds is 4. The van der Waals surface area contributed by atoms with Crippen LogP contribution in [0, 0.1) is 13.8 Å². The highest BCUT2D eigenvalue weighted by molar-refractivity contribution is 5.65. The third-order valence-corrected chi connectivity index (χ3v) is 3.87. The Hall–Kier alpha value is -2.95. The van der Waals surface area contributed by atoms with Crippen molar-refractivity contribution in [3.8, 4) is 22.6 Å². The van der Waals surface area contributed by atoms with Crippen molar-refractivity contribution in [2.75, 3.05) is 6.61 Å². The maximum Gasteiger partial charge on any atom is 0.255 e. The van der Waals surface area contributed by atoms with E-state index in [1.165, 1.54) is 6.33 Å². The first-order chi connectivity index (χ1) is 11.6. The minimum absolute atomic E-state index is 0.0691. The summed E-state index contributed by atoms with van der Waals surface area (Å²) in [6.45, 7) is 6.44. The molecule has 0 aliphatic rings. The average Bonchev–Trinajstić information content (AvgIpc) is 2.57. The number of aromatic nitrogens is 3. The predicted molar refractivity (Wildman–Crippen MR) is 93.7 cm³/mol. The van der Waals surface area contributed by atoms with Crippen molar-refractivity contribution in [2.45, 2.75) is 20.8 Å². The fourth-order valence-corrected chi connectivity index (χ4v) is 2.71. The van der Waals surface area contributed by atoms with Crippen LogP contribution in [-0.2, 0) is 0 Å². The number of benzene rings is 1. The highest BCUT2D eigenvalue weighted by Gasteiger charge is 2.10. The van der Waals surface area contributed by atoms with E-state index in [2.05, 4.69) is 9.97 Å². The second-order valence-electron chi connectivity index (χ2n) is 5.59.